The number of aromatic nitrogens is 2. The van der Waals surface area contributed by atoms with Crippen LogP contribution in [0.4, 0.5) is 0 Å². The van der Waals surface area contributed by atoms with Crippen molar-refractivity contribution < 1.29 is 4.74 Å². The van der Waals surface area contributed by atoms with E-state index in [1.54, 1.807) is 12.4 Å². The van der Waals surface area contributed by atoms with Crippen LogP contribution in [-0.4, -0.2) is 17.0 Å². The molecular weight excluding hydrogens is 238 g/mol. The summed E-state index contributed by atoms with van der Waals surface area (Å²) < 4.78 is 5.75. The van der Waals surface area contributed by atoms with Gasteiger partial charge in [-0.25, -0.2) is 4.98 Å². The van der Waals surface area contributed by atoms with Crippen molar-refractivity contribution in [1.82, 2.24) is 15.3 Å². The minimum absolute atomic E-state index is 0.629. The molecule has 0 fully saturated rings. The van der Waals surface area contributed by atoms with Gasteiger partial charge in [0, 0.05) is 24.5 Å². The molecule has 0 radical (unpaired) electrons. The van der Waals surface area contributed by atoms with E-state index in [2.05, 4.69) is 28.3 Å². The number of nitrogens with zero attached hydrogens (tertiary/aromatic N) is 2. The van der Waals surface area contributed by atoms with E-state index in [-0.39, 0.29) is 0 Å². The van der Waals surface area contributed by atoms with Crippen molar-refractivity contribution in [3.8, 4) is 11.6 Å². The summed E-state index contributed by atoms with van der Waals surface area (Å²) in [6.45, 7) is 2.96. The zero-order chi connectivity index (χ0) is 13.5. The van der Waals surface area contributed by atoms with E-state index < -0.39 is 0 Å². The molecule has 2 aromatic heterocycles. The molecule has 2 rings (SSSR count). The van der Waals surface area contributed by atoms with Crippen LogP contribution in [0.25, 0.3) is 0 Å². The van der Waals surface area contributed by atoms with E-state index in [4.69, 9.17) is 4.74 Å². The first-order chi connectivity index (χ1) is 9.31. The Morgan fingerprint density at radius 3 is 2.89 bits per heavy atom. The van der Waals surface area contributed by atoms with Crippen molar-refractivity contribution in [1.29, 1.82) is 0 Å². The molecule has 0 spiro atoms. The summed E-state index contributed by atoms with van der Waals surface area (Å²) in [4.78, 5) is 8.56. The fourth-order valence-corrected chi connectivity index (χ4v) is 1.89. The number of ether oxygens (including phenoxy) is 1. The summed E-state index contributed by atoms with van der Waals surface area (Å²) in [5, 5.41) is 3.15. The van der Waals surface area contributed by atoms with Gasteiger partial charge in [0.1, 0.15) is 5.75 Å². The van der Waals surface area contributed by atoms with E-state index >= 15 is 0 Å². The summed E-state index contributed by atoms with van der Waals surface area (Å²) in [6, 6.07) is 7.80. The van der Waals surface area contributed by atoms with Crippen LogP contribution in [-0.2, 0) is 13.0 Å². The smallest absolute Gasteiger partial charge is 0.219 e. The van der Waals surface area contributed by atoms with Gasteiger partial charge < -0.3 is 10.1 Å². The predicted molar refractivity (Wildman–Crippen MR) is 75.3 cm³/mol. The molecule has 0 aliphatic heterocycles. The Labute approximate surface area is 113 Å². The largest absolute Gasteiger partial charge is 0.437 e. The fraction of sp³-hybridized carbons (Fsp3) is 0.333. The normalized spacial score (nSPS) is 10.4. The van der Waals surface area contributed by atoms with Gasteiger partial charge in [-0.3, -0.25) is 4.98 Å². The van der Waals surface area contributed by atoms with Gasteiger partial charge in [-0.15, -0.1) is 0 Å². The van der Waals surface area contributed by atoms with Gasteiger partial charge in [0.15, 0.2) is 0 Å². The second kappa shape index (κ2) is 6.85. The van der Waals surface area contributed by atoms with Gasteiger partial charge in [-0.2, -0.15) is 0 Å². The van der Waals surface area contributed by atoms with Gasteiger partial charge in [0.05, 0.1) is 6.20 Å². The summed E-state index contributed by atoms with van der Waals surface area (Å²) in [7, 11) is 1.93. The first-order valence-electron chi connectivity index (χ1n) is 6.54. The quantitative estimate of drug-likeness (QED) is 0.864. The van der Waals surface area contributed by atoms with Crippen LogP contribution in [0.15, 0.2) is 36.7 Å². The standard InChI is InChI=1S/C15H19N3O/c1-3-5-13-8-12(10-16-2)9-15(18-13)19-14-6-4-7-17-11-14/h4,6-9,11,16H,3,5,10H2,1-2H3. The molecule has 0 aliphatic rings. The van der Waals surface area contributed by atoms with Crippen LogP contribution in [0, 0.1) is 0 Å². The number of rotatable bonds is 6. The lowest BCUT2D eigenvalue weighted by molar-refractivity contribution is 0.457. The van der Waals surface area contributed by atoms with Crippen LogP contribution < -0.4 is 10.1 Å². The van der Waals surface area contributed by atoms with Gasteiger partial charge in [-0.1, -0.05) is 13.3 Å². The van der Waals surface area contributed by atoms with Crippen molar-refractivity contribution >= 4 is 0 Å². The third kappa shape index (κ3) is 4.03. The minimum Gasteiger partial charge on any atom is -0.437 e. The number of hydrogen-bond donors (Lipinski definition) is 1. The first kappa shape index (κ1) is 13.5. The van der Waals surface area contributed by atoms with Crippen LogP contribution in [0.5, 0.6) is 11.6 Å². The van der Waals surface area contributed by atoms with E-state index in [9.17, 15) is 0 Å². The molecule has 100 valence electrons. The molecule has 0 atom stereocenters. The maximum Gasteiger partial charge on any atom is 0.219 e. The van der Waals surface area contributed by atoms with E-state index in [0.29, 0.717) is 11.6 Å². The molecule has 0 amide bonds. The summed E-state index contributed by atoms with van der Waals surface area (Å²) >= 11 is 0. The fourth-order valence-electron chi connectivity index (χ4n) is 1.89. The molecule has 1 N–H and O–H groups in total. The maximum atomic E-state index is 5.75. The van der Waals surface area contributed by atoms with Gasteiger partial charge in [-0.05, 0) is 37.2 Å². The molecule has 0 bridgehead atoms. The molecule has 0 unspecified atom stereocenters. The number of hydrogen-bond acceptors (Lipinski definition) is 4. The predicted octanol–water partition coefficient (Wildman–Crippen LogP) is 2.94. The molecule has 0 aromatic carbocycles. The Bertz CT molecular complexity index is 490. The molecule has 2 aromatic rings. The zero-order valence-corrected chi connectivity index (χ0v) is 11.4. The first-order valence-corrected chi connectivity index (χ1v) is 6.54. The average Bonchev–Trinajstić information content (AvgIpc) is 2.40. The van der Waals surface area contributed by atoms with Crippen molar-refractivity contribution in [2.45, 2.75) is 26.3 Å². The van der Waals surface area contributed by atoms with E-state index in [1.807, 2.05) is 25.2 Å². The van der Waals surface area contributed by atoms with Crippen molar-refractivity contribution in [3.05, 3.63) is 47.9 Å². The minimum atomic E-state index is 0.629. The Hall–Kier alpha value is -1.94. The van der Waals surface area contributed by atoms with Crippen LogP contribution >= 0.6 is 0 Å². The molecule has 4 nitrogen and oxygen atoms in total. The highest BCUT2D eigenvalue weighted by Gasteiger charge is 2.04. The highest BCUT2D eigenvalue weighted by atomic mass is 16.5. The topological polar surface area (TPSA) is 47.0 Å². The SMILES string of the molecule is CCCc1cc(CNC)cc(Oc2cccnc2)n1. The Kier molecular flexibility index (Phi) is 4.86. The Morgan fingerprint density at radius 2 is 2.21 bits per heavy atom. The second-order valence-corrected chi connectivity index (χ2v) is 4.38. The van der Waals surface area contributed by atoms with Crippen molar-refractivity contribution in [3.63, 3.8) is 0 Å². The molecule has 0 aliphatic carbocycles. The second-order valence-electron chi connectivity index (χ2n) is 4.38. The summed E-state index contributed by atoms with van der Waals surface area (Å²) in [5.74, 6) is 1.34. The highest BCUT2D eigenvalue weighted by Crippen LogP contribution is 2.20. The van der Waals surface area contributed by atoms with E-state index in [1.165, 1.54) is 5.56 Å². The van der Waals surface area contributed by atoms with E-state index in [0.717, 1.165) is 25.1 Å². The highest BCUT2D eigenvalue weighted by molar-refractivity contribution is 5.29. The average molecular weight is 257 g/mol. The lowest BCUT2D eigenvalue weighted by atomic mass is 10.1. The lowest BCUT2D eigenvalue weighted by Crippen LogP contribution is -2.06. The van der Waals surface area contributed by atoms with Crippen LogP contribution in [0.2, 0.25) is 0 Å². The molecule has 4 heteroatoms. The third-order valence-corrected chi connectivity index (χ3v) is 2.66. The number of nitrogens with one attached hydrogen (secondary N) is 1. The maximum absolute atomic E-state index is 5.75. The molecule has 0 saturated heterocycles. The number of aryl methyl sites for hydroxylation is 1. The summed E-state index contributed by atoms with van der Waals surface area (Å²) in [5.41, 5.74) is 2.24. The Morgan fingerprint density at radius 1 is 1.32 bits per heavy atom. The lowest BCUT2D eigenvalue weighted by Gasteiger charge is -2.09. The molecule has 2 heterocycles. The van der Waals surface area contributed by atoms with Crippen molar-refractivity contribution in [2.75, 3.05) is 7.05 Å². The molecule has 19 heavy (non-hydrogen) atoms. The van der Waals surface area contributed by atoms with Crippen LogP contribution in [0.3, 0.4) is 0 Å². The molecule has 0 saturated carbocycles. The molecular formula is C15H19N3O. The van der Waals surface area contributed by atoms with Crippen LogP contribution in [0.1, 0.15) is 24.6 Å². The summed E-state index contributed by atoms with van der Waals surface area (Å²) in [6.07, 6.45) is 5.44. The van der Waals surface area contributed by atoms with Gasteiger partial charge >= 0.3 is 0 Å². The number of pyridine rings is 2. The zero-order valence-electron chi connectivity index (χ0n) is 11.4. The van der Waals surface area contributed by atoms with Gasteiger partial charge in [0.25, 0.3) is 0 Å². The Balaban J connectivity index is 2.23. The monoisotopic (exact) mass is 257 g/mol. The van der Waals surface area contributed by atoms with Gasteiger partial charge in [0.2, 0.25) is 5.88 Å². The van der Waals surface area contributed by atoms with Crippen molar-refractivity contribution in [2.24, 2.45) is 0 Å². The third-order valence-electron chi connectivity index (χ3n) is 2.66.